The summed E-state index contributed by atoms with van der Waals surface area (Å²) >= 11 is 0. The fraction of sp³-hybridized carbons (Fsp3) is 0.160. The minimum atomic E-state index is -1.08. The second-order valence-corrected chi connectivity index (χ2v) is 7.51. The van der Waals surface area contributed by atoms with Gasteiger partial charge >= 0.3 is 12.1 Å². The van der Waals surface area contributed by atoms with Gasteiger partial charge in [-0.3, -0.25) is 14.9 Å². The summed E-state index contributed by atoms with van der Waals surface area (Å²) in [6, 6.07) is 19.5. The number of anilines is 1. The lowest BCUT2D eigenvalue weighted by molar-refractivity contribution is -0.136. The molecule has 0 saturated heterocycles. The molecule has 8 heteroatoms. The zero-order valence-electron chi connectivity index (χ0n) is 17.5. The van der Waals surface area contributed by atoms with Gasteiger partial charge in [0.2, 0.25) is 0 Å². The van der Waals surface area contributed by atoms with Crippen molar-refractivity contribution in [3.8, 4) is 11.1 Å². The quantitative estimate of drug-likeness (QED) is 0.497. The molecular formula is C25H21FN2O5. The summed E-state index contributed by atoms with van der Waals surface area (Å²) in [4.78, 5) is 35.5. The Labute approximate surface area is 189 Å². The van der Waals surface area contributed by atoms with E-state index >= 15 is 0 Å². The van der Waals surface area contributed by atoms with E-state index in [-0.39, 0.29) is 36.7 Å². The van der Waals surface area contributed by atoms with E-state index < -0.39 is 23.8 Å². The highest BCUT2D eigenvalue weighted by Crippen LogP contribution is 2.44. The van der Waals surface area contributed by atoms with E-state index in [0.717, 1.165) is 28.3 Å². The average molecular weight is 448 g/mol. The van der Waals surface area contributed by atoms with E-state index in [2.05, 4.69) is 10.6 Å². The molecule has 2 amide bonds. The van der Waals surface area contributed by atoms with Crippen LogP contribution in [0, 0.1) is 5.82 Å². The minimum absolute atomic E-state index is 0.0362. The molecule has 0 aliphatic heterocycles. The summed E-state index contributed by atoms with van der Waals surface area (Å²) in [6.45, 7) is -0.0937. The highest BCUT2D eigenvalue weighted by molar-refractivity contribution is 6.02. The topological polar surface area (TPSA) is 105 Å². The third kappa shape index (κ3) is 4.69. The summed E-state index contributed by atoms with van der Waals surface area (Å²) < 4.78 is 19.8. The van der Waals surface area contributed by atoms with Crippen molar-refractivity contribution in [1.29, 1.82) is 0 Å². The number of carbonyl (C=O) groups excluding carboxylic acids is 2. The molecule has 0 spiro atoms. The Hall–Kier alpha value is -4.20. The third-order valence-corrected chi connectivity index (χ3v) is 5.45. The molecule has 3 aromatic rings. The van der Waals surface area contributed by atoms with Crippen molar-refractivity contribution < 1.29 is 28.6 Å². The molecule has 0 saturated carbocycles. The molecule has 1 aliphatic carbocycles. The number of aliphatic carboxylic acids is 1. The van der Waals surface area contributed by atoms with E-state index in [1.165, 1.54) is 12.1 Å². The van der Waals surface area contributed by atoms with Gasteiger partial charge in [0.15, 0.2) is 0 Å². The van der Waals surface area contributed by atoms with Crippen molar-refractivity contribution >= 4 is 23.7 Å². The first kappa shape index (κ1) is 22.0. The summed E-state index contributed by atoms with van der Waals surface area (Å²) in [7, 11) is 0. The Balaban J connectivity index is 1.46. The number of carbonyl (C=O) groups is 3. The van der Waals surface area contributed by atoms with Crippen molar-refractivity contribution in [1.82, 2.24) is 5.32 Å². The first-order chi connectivity index (χ1) is 16.0. The normalized spacial score (nSPS) is 11.9. The number of hydrogen-bond acceptors (Lipinski definition) is 4. The van der Waals surface area contributed by atoms with Gasteiger partial charge < -0.3 is 15.2 Å². The number of halogens is 1. The van der Waals surface area contributed by atoms with Crippen LogP contribution in [0.2, 0.25) is 0 Å². The maximum absolute atomic E-state index is 14.4. The monoisotopic (exact) mass is 448 g/mol. The molecule has 4 rings (SSSR count). The molecule has 168 valence electrons. The summed E-state index contributed by atoms with van der Waals surface area (Å²) in [6.07, 6.45) is -1.18. The number of amides is 2. The highest BCUT2D eigenvalue weighted by Gasteiger charge is 2.29. The number of hydrogen-bond donors (Lipinski definition) is 3. The van der Waals surface area contributed by atoms with Crippen LogP contribution in [0.25, 0.3) is 11.1 Å². The number of para-hydroxylation sites is 1. The average Bonchev–Trinajstić information content (AvgIpc) is 3.12. The van der Waals surface area contributed by atoms with Crippen LogP contribution in [0.3, 0.4) is 0 Å². The van der Waals surface area contributed by atoms with Crippen LogP contribution in [0.5, 0.6) is 0 Å². The van der Waals surface area contributed by atoms with Gasteiger partial charge in [-0.15, -0.1) is 0 Å². The van der Waals surface area contributed by atoms with E-state index in [1.807, 2.05) is 48.5 Å². The molecule has 3 aromatic carbocycles. The number of nitrogens with one attached hydrogen (secondary N) is 2. The van der Waals surface area contributed by atoms with Crippen LogP contribution in [0.15, 0.2) is 66.7 Å². The zero-order valence-corrected chi connectivity index (χ0v) is 17.5. The fourth-order valence-electron chi connectivity index (χ4n) is 3.96. The molecule has 7 nitrogen and oxygen atoms in total. The van der Waals surface area contributed by atoms with Crippen LogP contribution < -0.4 is 10.6 Å². The number of carboxylic acid groups (broad SMARTS) is 1. The summed E-state index contributed by atoms with van der Waals surface area (Å²) in [5, 5.41) is 13.4. The van der Waals surface area contributed by atoms with Gasteiger partial charge in [-0.05, 0) is 34.4 Å². The molecule has 0 aromatic heterocycles. The van der Waals surface area contributed by atoms with E-state index in [9.17, 15) is 18.8 Å². The van der Waals surface area contributed by atoms with Gasteiger partial charge in [0.05, 0.1) is 17.7 Å². The smallest absolute Gasteiger partial charge is 0.411 e. The summed E-state index contributed by atoms with van der Waals surface area (Å²) in [5.41, 5.74) is 3.77. The number of ether oxygens (including phenoxy) is 1. The minimum Gasteiger partial charge on any atom is -0.481 e. The van der Waals surface area contributed by atoms with Crippen LogP contribution in [0.1, 0.15) is 33.8 Å². The molecule has 0 unspecified atom stereocenters. The van der Waals surface area contributed by atoms with Crippen molar-refractivity contribution in [3.05, 3.63) is 89.2 Å². The van der Waals surface area contributed by atoms with Crippen LogP contribution in [-0.4, -0.2) is 36.2 Å². The lowest BCUT2D eigenvalue weighted by Crippen LogP contribution is -2.28. The molecule has 33 heavy (non-hydrogen) atoms. The molecular weight excluding hydrogens is 427 g/mol. The summed E-state index contributed by atoms with van der Waals surface area (Å²) in [5.74, 6) is -2.76. The number of fused-ring (bicyclic) bond motifs is 3. The van der Waals surface area contributed by atoms with Gasteiger partial charge in [0, 0.05) is 12.5 Å². The van der Waals surface area contributed by atoms with Crippen LogP contribution in [-0.2, 0) is 9.53 Å². The lowest BCUT2D eigenvalue weighted by atomic mass is 9.98. The van der Waals surface area contributed by atoms with Crippen molar-refractivity contribution in [2.24, 2.45) is 0 Å². The van der Waals surface area contributed by atoms with Gasteiger partial charge in [-0.25, -0.2) is 9.18 Å². The largest absolute Gasteiger partial charge is 0.481 e. The van der Waals surface area contributed by atoms with Crippen LogP contribution in [0.4, 0.5) is 14.9 Å². The first-order valence-corrected chi connectivity index (χ1v) is 10.4. The Morgan fingerprint density at radius 2 is 1.55 bits per heavy atom. The van der Waals surface area contributed by atoms with Gasteiger partial charge in [0.25, 0.3) is 5.91 Å². The Morgan fingerprint density at radius 3 is 2.18 bits per heavy atom. The molecule has 0 heterocycles. The standard InChI is InChI=1S/C25H21FN2O5/c26-21-11-5-10-19(24(31)27-13-12-22(29)30)23(21)28-25(32)33-14-20-17-8-3-1-6-15(17)16-7-2-4-9-18(16)20/h1-11,20H,12-14H2,(H,27,31)(H,28,32)(H,29,30). The number of carboxylic acids is 1. The van der Waals surface area contributed by atoms with Crippen molar-refractivity contribution in [2.75, 3.05) is 18.5 Å². The Morgan fingerprint density at radius 1 is 0.909 bits per heavy atom. The Bertz CT molecular complexity index is 1180. The molecule has 3 N–H and O–H groups in total. The maximum atomic E-state index is 14.4. The van der Waals surface area contributed by atoms with E-state index in [0.29, 0.717) is 0 Å². The third-order valence-electron chi connectivity index (χ3n) is 5.45. The molecule has 0 fully saturated rings. The molecule has 1 aliphatic rings. The lowest BCUT2D eigenvalue weighted by Gasteiger charge is -2.16. The van der Waals surface area contributed by atoms with Crippen LogP contribution >= 0.6 is 0 Å². The molecule has 0 atom stereocenters. The molecule has 0 radical (unpaired) electrons. The van der Waals surface area contributed by atoms with E-state index in [4.69, 9.17) is 9.84 Å². The predicted molar refractivity (Wildman–Crippen MR) is 120 cm³/mol. The first-order valence-electron chi connectivity index (χ1n) is 10.4. The van der Waals surface area contributed by atoms with Crippen molar-refractivity contribution in [2.45, 2.75) is 12.3 Å². The SMILES string of the molecule is O=C(O)CCNC(=O)c1cccc(F)c1NC(=O)OCC1c2ccccc2-c2ccccc21. The number of rotatable bonds is 7. The predicted octanol–water partition coefficient (Wildman–Crippen LogP) is 4.39. The second kappa shape index (κ2) is 9.52. The van der Waals surface area contributed by atoms with Gasteiger partial charge in [-0.1, -0.05) is 54.6 Å². The maximum Gasteiger partial charge on any atom is 0.411 e. The second-order valence-electron chi connectivity index (χ2n) is 7.51. The zero-order chi connectivity index (χ0) is 23.4. The Kier molecular flexibility index (Phi) is 6.35. The van der Waals surface area contributed by atoms with Gasteiger partial charge in [0.1, 0.15) is 12.4 Å². The highest BCUT2D eigenvalue weighted by atomic mass is 19.1. The molecule has 0 bridgehead atoms. The van der Waals surface area contributed by atoms with Crippen molar-refractivity contribution in [3.63, 3.8) is 0 Å². The number of benzene rings is 3. The fourth-order valence-corrected chi connectivity index (χ4v) is 3.96. The van der Waals surface area contributed by atoms with E-state index in [1.54, 1.807) is 0 Å². The van der Waals surface area contributed by atoms with Gasteiger partial charge in [-0.2, -0.15) is 0 Å².